The fraction of sp³-hybridized carbons (Fsp3) is 0.788. The summed E-state index contributed by atoms with van der Waals surface area (Å²) in [6.07, 6.45) is 65.8. The molecule has 0 aromatic heterocycles. The first-order valence-electron chi connectivity index (χ1n) is 24.6. The lowest BCUT2D eigenvalue weighted by molar-refractivity contribution is -0.112. The van der Waals surface area contributed by atoms with Crippen molar-refractivity contribution in [2.75, 3.05) is 0 Å². The lowest BCUT2D eigenvalue weighted by atomic mass is 9.99. The molecule has 334 valence electrons. The molecule has 0 unspecified atom stereocenters. The number of halogens is 3. The number of hydrogen-bond acceptors (Lipinski definition) is 3. The Balaban J connectivity index is 0.000000436. The number of unbranched alkanes of at least 4 members (excludes halogenated alkanes) is 22. The molecule has 0 heterocycles. The third-order valence-electron chi connectivity index (χ3n) is 12.1. The summed E-state index contributed by atoms with van der Waals surface area (Å²) in [5.41, 5.74) is 0. The molecule has 0 aromatic carbocycles. The fourth-order valence-electron chi connectivity index (χ4n) is 8.41. The number of allylic oxidation sites excluding steroid dienone is 8. The second kappa shape index (κ2) is 42.5. The Labute approximate surface area is 373 Å². The van der Waals surface area contributed by atoms with Gasteiger partial charge in [-0.1, -0.05) is 171 Å². The third kappa shape index (κ3) is 40.3. The van der Waals surface area contributed by atoms with Gasteiger partial charge in [0.15, 0.2) is 0 Å². The van der Waals surface area contributed by atoms with E-state index in [0.29, 0.717) is 19.3 Å². The van der Waals surface area contributed by atoms with Crippen LogP contribution in [0.5, 0.6) is 0 Å². The SMILES string of the molecule is O=C(Cl)CCCC/C=C/CCCCCC[C@H]1C=CCC1.O=C(Cl)CCCCCCCCCCCC[C@H]1C=CCC1.O=C(Cl)CCCCCCCCCC[C@H]1C=CCC1. The maximum atomic E-state index is 10.5. The van der Waals surface area contributed by atoms with Crippen molar-refractivity contribution in [1.29, 1.82) is 0 Å². The van der Waals surface area contributed by atoms with Gasteiger partial charge in [0, 0.05) is 19.3 Å². The zero-order valence-electron chi connectivity index (χ0n) is 37.1. The Hall–Kier alpha value is -1.16. The number of carbonyl (C=O) groups excluding carboxylic acids is 3. The maximum absolute atomic E-state index is 10.5. The smallest absolute Gasteiger partial charge is 0.221 e. The normalized spacial score (nSPS) is 18.1. The van der Waals surface area contributed by atoms with E-state index in [-0.39, 0.29) is 15.7 Å². The standard InChI is InChI=1S/C18H31ClO.C18H29ClO.C16H27ClO/c2*19-18(20)16-10-8-6-4-2-1-3-5-7-9-13-17-14-11-12-15-17;17-16(18)14-8-6-4-2-1-3-5-7-11-15-12-9-10-13-15/h11,14,17H,1-10,12-13,15-16H2;2,4,11,14,17H,1,3,5-10,12-13,15-16H2;9,12,15H,1-8,10-11,13-14H2/b;4-2+;/t2*17-;15-/m000/s1. The number of carbonyl (C=O) groups is 3. The highest BCUT2D eigenvalue weighted by Gasteiger charge is 2.10. The first kappa shape index (κ1) is 54.9. The van der Waals surface area contributed by atoms with Gasteiger partial charge in [-0.3, -0.25) is 14.4 Å². The predicted molar refractivity (Wildman–Crippen MR) is 255 cm³/mol. The molecule has 3 atom stereocenters. The molecule has 0 N–H and O–H groups in total. The van der Waals surface area contributed by atoms with Crippen molar-refractivity contribution in [3.63, 3.8) is 0 Å². The Morgan fingerprint density at radius 3 is 0.879 bits per heavy atom. The van der Waals surface area contributed by atoms with Crippen molar-refractivity contribution in [3.05, 3.63) is 48.6 Å². The Morgan fingerprint density at radius 2 is 0.603 bits per heavy atom. The number of rotatable bonds is 36. The van der Waals surface area contributed by atoms with Crippen molar-refractivity contribution >= 4 is 50.5 Å². The van der Waals surface area contributed by atoms with E-state index in [0.717, 1.165) is 62.7 Å². The lowest BCUT2D eigenvalue weighted by Crippen LogP contribution is -1.91. The predicted octanol–water partition coefficient (Wildman–Crippen LogP) is 18.2. The summed E-state index contributed by atoms with van der Waals surface area (Å²) in [7, 11) is 0. The van der Waals surface area contributed by atoms with Gasteiger partial charge in [-0.2, -0.15) is 0 Å². The van der Waals surface area contributed by atoms with Crippen LogP contribution in [0.2, 0.25) is 0 Å². The van der Waals surface area contributed by atoms with Crippen LogP contribution in [0.3, 0.4) is 0 Å². The second-order valence-corrected chi connectivity index (χ2v) is 18.8. The number of hydrogen-bond donors (Lipinski definition) is 0. The molecule has 0 aromatic rings. The van der Waals surface area contributed by atoms with Gasteiger partial charge in [0.1, 0.15) is 0 Å². The molecule has 0 bridgehead atoms. The maximum Gasteiger partial charge on any atom is 0.221 e. The molecular formula is C52H87Cl3O3. The topological polar surface area (TPSA) is 51.2 Å². The zero-order valence-corrected chi connectivity index (χ0v) is 39.3. The van der Waals surface area contributed by atoms with E-state index in [2.05, 4.69) is 48.6 Å². The van der Waals surface area contributed by atoms with Gasteiger partial charge in [-0.25, -0.2) is 0 Å². The van der Waals surface area contributed by atoms with E-state index in [9.17, 15) is 14.4 Å². The van der Waals surface area contributed by atoms with E-state index in [1.807, 2.05) is 0 Å². The molecule has 0 aliphatic heterocycles. The molecular weight excluding hydrogens is 779 g/mol. The minimum Gasteiger partial charge on any atom is -0.281 e. The minimum absolute atomic E-state index is 0.182. The van der Waals surface area contributed by atoms with Crippen LogP contribution in [0.15, 0.2) is 48.6 Å². The van der Waals surface area contributed by atoms with Crippen molar-refractivity contribution in [2.24, 2.45) is 17.8 Å². The van der Waals surface area contributed by atoms with Gasteiger partial charge in [-0.05, 0) is 155 Å². The van der Waals surface area contributed by atoms with E-state index >= 15 is 0 Å². The van der Waals surface area contributed by atoms with Crippen LogP contribution < -0.4 is 0 Å². The van der Waals surface area contributed by atoms with Crippen LogP contribution in [0.25, 0.3) is 0 Å². The van der Waals surface area contributed by atoms with E-state index < -0.39 is 0 Å². The van der Waals surface area contributed by atoms with E-state index in [1.165, 1.54) is 180 Å². The molecule has 3 rings (SSSR count). The third-order valence-corrected chi connectivity index (χ3v) is 12.7. The average molecular weight is 867 g/mol. The summed E-state index contributed by atoms with van der Waals surface area (Å²) in [6.45, 7) is 0. The summed E-state index contributed by atoms with van der Waals surface area (Å²) in [4.78, 5) is 31.6. The monoisotopic (exact) mass is 865 g/mol. The molecule has 3 nitrogen and oxygen atoms in total. The summed E-state index contributed by atoms with van der Waals surface area (Å²) in [5.74, 6) is 2.67. The average Bonchev–Trinajstić information content (AvgIpc) is 4.02. The van der Waals surface area contributed by atoms with Crippen LogP contribution in [-0.2, 0) is 14.4 Å². The molecule has 0 fully saturated rings. The lowest BCUT2D eigenvalue weighted by Gasteiger charge is -2.06. The summed E-state index contributed by atoms with van der Waals surface area (Å²) in [6, 6.07) is 0. The zero-order chi connectivity index (χ0) is 42.0. The Bertz CT molecular complexity index is 1100. The first-order chi connectivity index (χ1) is 28.4. The van der Waals surface area contributed by atoms with Gasteiger partial charge in [0.05, 0.1) is 0 Å². The van der Waals surface area contributed by atoms with Crippen molar-refractivity contribution in [1.82, 2.24) is 0 Å². The van der Waals surface area contributed by atoms with Gasteiger partial charge < -0.3 is 0 Å². The minimum atomic E-state index is -0.206. The Kier molecular flexibility index (Phi) is 40.2. The molecule has 58 heavy (non-hydrogen) atoms. The molecule has 0 radical (unpaired) electrons. The van der Waals surface area contributed by atoms with Crippen LogP contribution in [0, 0.1) is 17.8 Å². The summed E-state index contributed by atoms with van der Waals surface area (Å²) < 4.78 is 0. The largest absolute Gasteiger partial charge is 0.281 e. The van der Waals surface area contributed by atoms with Crippen molar-refractivity contribution < 1.29 is 14.4 Å². The van der Waals surface area contributed by atoms with Gasteiger partial charge in [0.25, 0.3) is 0 Å². The van der Waals surface area contributed by atoms with Crippen molar-refractivity contribution in [3.8, 4) is 0 Å². The highest BCUT2D eigenvalue weighted by atomic mass is 35.5. The van der Waals surface area contributed by atoms with Crippen LogP contribution in [0.1, 0.15) is 244 Å². The molecule has 3 aliphatic carbocycles. The fourth-order valence-corrected chi connectivity index (χ4v) is 8.81. The molecule has 0 spiro atoms. The van der Waals surface area contributed by atoms with Crippen molar-refractivity contribution in [2.45, 2.75) is 244 Å². The van der Waals surface area contributed by atoms with Gasteiger partial charge in [0.2, 0.25) is 15.7 Å². The first-order valence-corrected chi connectivity index (χ1v) is 25.7. The Morgan fingerprint density at radius 1 is 0.362 bits per heavy atom. The highest BCUT2D eigenvalue weighted by Crippen LogP contribution is 2.25. The summed E-state index contributed by atoms with van der Waals surface area (Å²) >= 11 is 15.9. The summed E-state index contributed by atoms with van der Waals surface area (Å²) in [5, 5.41) is -0.573. The molecule has 6 heteroatoms. The molecule has 0 saturated heterocycles. The molecule has 0 amide bonds. The second-order valence-electron chi connectivity index (χ2n) is 17.5. The van der Waals surface area contributed by atoms with Gasteiger partial charge in [-0.15, -0.1) is 0 Å². The van der Waals surface area contributed by atoms with Crippen LogP contribution >= 0.6 is 34.8 Å². The highest BCUT2D eigenvalue weighted by molar-refractivity contribution is 6.64. The quantitative estimate of drug-likeness (QED) is 0.0358. The molecule has 3 aliphatic rings. The molecule has 0 saturated carbocycles. The van der Waals surface area contributed by atoms with Gasteiger partial charge >= 0.3 is 0 Å². The van der Waals surface area contributed by atoms with Crippen LogP contribution in [0.4, 0.5) is 0 Å². The van der Waals surface area contributed by atoms with Crippen LogP contribution in [-0.4, -0.2) is 15.7 Å². The van der Waals surface area contributed by atoms with E-state index in [4.69, 9.17) is 34.8 Å². The van der Waals surface area contributed by atoms with E-state index in [1.54, 1.807) is 0 Å².